The summed E-state index contributed by atoms with van der Waals surface area (Å²) in [7, 11) is 0. The number of guanidine groups is 1. The van der Waals surface area contributed by atoms with Gasteiger partial charge in [-0.2, -0.15) is 0 Å². The third-order valence-electron chi connectivity index (χ3n) is 4.05. The Hall–Kier alpha value is -3.45. The van der Waals surface area contributed by atoms with Crippen molar-refractivity contribution in [1.82, 2.24) is 15.6 Å². The lowest BCUT2D eigenvalue weighted by Gasteiger charge is -2.17. The van der Waals surface area contributed by atoms with Crippen LogP contribution in [0.4, 0.5) is 0 Å². The number of benzene rings is 2. The zero-order valence-corrected chi connectivity index (χ0v) is 13.7. The summed E-state index contributed by atoms with van der Waals surface area (Å²) < 4.78 is 5.27. The van der Waals surface area contributed by atoms with Crippen LogP contribution in [0.25, 0.3) is 17.2 Å². The van der Waals surface area contributed by atoms with E-state index in [1.807, 2.05) is 42.5 Å². The van der Waals surface area contributed by atoms with Gasteiger partial charge in [-0.05, 0) is 29.3 Å². The molecule has 0 saturated carbocycles. The number of amides is 1. The fourth-order valence-corrected chi connectivity index (χ4v) is 2.74. The van der Waals surface area contributed by atoms with E-state index in [0.717, 1.165) is 16.6 Å². The molecule has 0 bridgehead atoms. The molecular weight excluding hydrogens is 332 g/mol. The molecule has 0 fully saturated rings. The molecule has 1 atom stereocenters. The van der Waals surface area contributed by atoms with Gasteiger partial charge in [0.1, 0.15) is 11.2 Å². The van der Waals surface area contributed by atoms with Crippen molar-refractivity contribution < 1.29 is 14.3 Å². The highest BCUT2D eigenvalue weighted by Crippen LogP contribution is 2.19. The summed E-state index contributed by atoms with van der Waals surface area (Å²) in [5.41, 5.74) is 3.36. The lowest BCUT2D eigenvalue weighted by molar-refractivity contribution is -0.115. The largest absolute Gasteiger partial charge is 0.443 e. The van der Waals surface area contributed by atoms with E-state index < -0.39 is 0 Å². The van der Waals surface area contributed by atoms with E-state index in [0.29, 0.717) is 11.5 Å². The molecule has 0 aliphatic carbocycles. The molecule has 1 amide bonds. The van der Waals surface area contributed by atoms with Gasteiger partial charge < -0.3 is 14.8 Å². The zero-order valence-electron chi connectivity index (χ0n) is 13.7. The molecule has 3 aromatic rings. The second-order valence-corrected chi connectivity index (χ2v) is 5.81. The lowest BCUT2D eigenvalue weighted by atomic mass is 10.1. The summed E-state index contributed by atoms with van der Waals surface area (Å²) in [6.45, 7) is -0.125. The number of hydrogen-bond acceptors (Lipinski definition) is 6. The second kappa shape index (κ2) is 6.81. The molecule has 4 rings (SSSR count). The standard InChI is InChI=1S/C19H16N4O3/c24-10-16(13-4-2-1-3-5-13)22-19-21-15(18(25)23-19)8-12-6-7-14-17(9-12)26-11-20-14/h1-9,11,16,24H,10H2,(H2,21,22,23,25)/b15-8-/t16-/m0/s1. The van der Waals surface area contributed by atoms with Gasteiger partial charge in [-0.1, -0.05) is 36.4 Å². The van der Waals surface area contributed by atoms with Crippen LogP contribution in [0, 0.1) is 0 Å². The summed E-state index contributed by atoms with van der Waals surface area (Å²) in [6, 6.07) is 14.6. The average molecular weight is 348 g/mol. The van der Waals surface area contributed by atoms with Crippen molar-refractivity contribution in [2.45, 2.75) is 6.04 Å². The van der Waals surface area contributed by atoms with E-state index in [2.05, 4.69) is 20.6 Å². The highest BCUT2D eigenvalue weighted by Gasteiger charge is 2.22. The van der Waals surface area contributed by atoms with E-state index in [1.54, 1.807) is 12.1 Å². The van der Waals surface area contributed by atoms with E-state index >= 15 is 0 Å². The number of hydrogen-bond donors (Lipinski definition) is 3. The number of aliphatic hydroxyl groups is 1. The van der Waals surface area contributed by atoms with Crippen molar-refractivity contribution in [1.29, 1.82) is 0 Å². The van der Waals surface area contributed by atoms with Crippen molar-refractivity contribution in [3.63, 3.8) is 0 Å². The van der Waals surface area contributed by atoms with Crippen molar-refractivity contribution in [3.05, 3.63) is 71.7 Å². The number of carbonyl (C=O) groups is 1. The summed E-state index contributed by atoms with van der Waals surface area (Å²) in [5.74, 6) is -0.000172. The predicted molar refractivity (Wildman–Crippen MR) is 97.0 cm³/mol. The van der Waals surface area contributed by atoms with Crippen LogP contribution in [0.3, 0.4) is 0 Å². The molecule has 0 spiro atoms. The van der Waals surface area contributed by atoms with Crippen LogP contribution in [0.5, 0.6) is 0 Å². The van der Waals surface area contributed by atoms with Crippen LogP contribution in [-0.2, 0) is 4.79 Å². The fourth-order valence-electron chi connectivity index (χ4n) is 2.74. The first-order valence-corrected chi connectivity index (χ1v) is 8.10. The van der Waals surface area contributed by atoms with Crippen molar-refractivity contribution in [3.8, 4) is 0 Å². The minimum absolute atomic E-state index is 0.125. The van der Waals surface area contributed by atoms with Crippen LogP contribution in [0.1, 0.15) is 17.2 Å². The van der Waals surface area contributed by atoms with Gasteiger partial charge in [0.05, 0.1) is 12.6 Å². The van der Waals surface area contributed by atoms with Gasteiger partial charge >= 0.3 is 0 Å². The van der Waals surface area contributed by atoms with Gasteiger partial charge in [0.25, 0.3) is 5.91 Å². The van der Waals surface area contributed by atoms with Crippen LogP contribution in [0.2, 0.25) is 0 Å². The molecule has 2 heterocycles. The molecular formula is C19H16N4O3. The molecule has 3 N–H and O–H groups in total. The van der Waals surface area contributed by atoms with Crippen molar-refractivity contribution in [2.24, 2.45) is 4.99 Å². The monoisotopic (exact) mass is 348 g/mol. The van der Waals surface area contributed by atoms with Gasteiger partial charge in [-0.25, -0.2) is 9.98 Å². The molecule has 0 radical (unpaired) electrons. The minimum atomic E-state index is -0.361. The first kappa shape index (κ1) is 16.0. The maximum atomic E-state index is 12.2. The van der Waals surface area contributed by atoms with E-state index in [1.165, 1.54) is 6.39 Å². The zero-order chi connectivity index (χ0) is 17.9. The second-order valence-electron chi connectivity index (χ2n) is 5.81. The Morgan fingerprint density at radius 3 is 2.88 bits per heavy atom. The minimum Gasteiger partial charge on any atom is -0.443 e. The first-order valence-electron chi connectivity index (χ1n) is 8.10. The Balaban J connectivity index is 1.56. The molecule has 1 aromatic heterocycles. The number of aliphatic imine (C=N–C) groups is 1. The van der Waals surface area contributed by atoms with Crippen LogP contribution in [0.15, 0.2) is 70.0 Å². The van der Waals surface area contributed by atoms with E-state index in [-0.39, 0.29) is 24.3 Å². The van der Waals surface area contributed by atoms with Crippen LogP contribution >= 0.6 is 0 Å². The van der Waals surface area contributed by atoms with Crippen LogP contribution in [-0.4, -0.2) is 28.6 Å². The summed E-state index contributed by atoms with van der Waals surface area (Å²) >= 11 is 0. The maximum Gasteiger partial charge on any atom is 0.276 e. The first-order chi connectivity index (χ1) is 12.7. The molecule has 0 unspecified atom stereocenters. The van der Waals surface area contributed by atoms with Gasteiger partial charge in [0.2, 0.25) is 5.96 Å². The summed E-state index contributed by atoms with van der Waals surface area (Å²) in [5, 5.41) is 15.4. The Labute approximate surface area is 149 Å². The molecule has 1 aliphatic rings. The van der Waals surface area contributed by atoms with Gasteiger partial charge in [0.15, 0.2) is 12.0 Å². The molecule has 130 valence electrons. The highest BCUT2D eigenvalue weighted by atomic mass is 16.3. The number of nitrogens with one attached hydrogen (secondary N) is 2. The van der Waals surface area contributed by atoms with Gasteiger partial charge in [-0.3, -0.25) is 10.1 Å². The fraction of sp³-hybridized carbons (Fsp3) is 0.105. The third-order valence-corrected chi connectivity index (χ3v) is 4.05. The maximum absolute atomic E-state index is 12.2. The SMILES string of the molecule is O=C1NC(N[C@@H](CO)c2ccccc2)=N/C1=C\c1ccc2ncoc2c1. The molecule has 7 nitrogen and oxygen atoms in total. The Kier molecular flexibility index (Phi) is 4.20. The smallest absolute Gasteiger partial charge is 0.276 e. The number of rotatable bonds is 4. The predicted octanol–water partition coefficient (Wildman–Crippen LogP) is 1.98. The van der Waals surface area contributed by atoms with E-state index in [9.17, 15) is 9.90 Å². The molecule has 26 heavy (non-hydrogen) atoms. The lowest BCUT2D eigenvalue weighted by Crippen LogP contribution is -2.39. The van der Waals surface area contributed by atoms with Gasteiger partial charge in [0, 0.05) is 0 Å². The number of aliphatic hydroxyl groups excluding tert-OH is 1. The summed E-state index contributed by atoms with van der Waals surface area (Å²) in [4.78, 5) is 20.5. The van der Waals surface area contributed by atoms with Crippen molar-refractivity contribution in [2.75, 3.05) is 6.61 Å². The number of nitrogens with zero attached hydrogens (tertiary/aromatic N) is 2. The Morgan fingerprint density at radius 1 is 1.23 bits per heavy atom. The van der Waals surface area contributed by atoms with Crippen LogP contribution < -0.4 is 10.6 Å². The number of carbonyl (C=O) groups excluding carboxylic acids is 1. The number of oxazole rings is 1. The van der Waals surface area contributed by atoms with Crippen molar-refractivity contribution >= 4 is 29.0 Å². The normalized spacial score (nSPS) is 16.6. The Bertz CT molecular complexity index is 1010. The molecule has 7 heteroatoms. The Morgan fingerprint density at radius 2 is 2.08 bits per heavy atom. The third kappa shape index (κ3) is 3.20. The molecule has 0 saturated heterocycles. The quantitative estimate of drug-likeness (QED) is 0.626. The average Bonchev–Trinajstić information content (AvgIpc) is 3.26. The summed E-state index contributed by atoms with van der Waals surface area (Å²) in [6.07, 6.45) is 3.05. The molecule has 1 aliphatic heterocycles. The molecule has 2 aromatic carbocycles. The van der Waals surface area contributed by atoms with E-state index in [4.69, 9.17) is 4.42 Å². The highest BCUT2D eigenvalue weighted by molar-refractivity contribution is 6.13. The topological polar surface area (TPSA) is 99.8 Å². The number of fused-ring (bicyclic) bond motifs is 1. The number of aromatic nitrogens is 1. The van der Waals surface area contributed by atoms with Gasteiger partial charge in [-0.15, -0.1) is 0 Å².